The Kier molecular flexibility index (Phi) is 32.7. The minimum absolute atomic E-state index is 0.622. The fourth-order valence-electron chi connectivity index (χ4n) is 4.53. The Labute approximate surface area is 253 Å². The summed E-state index contributed by atoms with van der Waals surface area (Å²) >= 11 is 0. The van der Waals surface area contributed by atoms with Gasteiger partial charge in [-0.05, 0) is 66.2 Å². The normalized spacial score (nSPS) is 13.6. The fourth-order valence-corrected chi connectivity index (χ4v) is 16.8. The summed E-state index contributed by atoms with van der Waals surface area (Å²) in [6.45, 7) is 4.57. The van der Waals surface area contributed by atoms with Crippen LogP contribution in [0.2, 0.25) is 11.1 Å². The minimum atomic E-state index is -1.41. The molecule has 37 heavy (non-hydrogen) atoms. The molecule has 0 saturated carbocycles. The first-order valence-electron chi connectivity index (χ1n) is 14.5. The van der Waals surface area contributed by atoms with Gasteiger partial charge in [-0.2, -0.15) is 0 Å². The molecule has 0 aliphatic heterocycles. The van der Waals surface area contributed by atoms with Crippen LogP contribution in [0.3, 0.4) is 0 Å². The Balaban J connectivity index is 3.19. The van der Waals surface area contributed by atoms with Crippen molar-refractivity contribution in [2.75, 3.05) is 39.9 Å². The summed E-state index contributed by atoms with van der Waals surface area (Å²) in [6, 6.07) is 0. The second-order valence-corrected chi connectivity index (χ2v) is 23.7. The van der Waals surface area contributed by atoms with Crippen molar-refractivity contribution in [3.63, 3.8) is 0 Å². The molecule has 0 rings (SSSR count). The Morgan fingerprint density at radius 2 is 0.730 bits per heavy atom. The van der Waals surface area contributed by atoms with Crippen LogP contribution in [0.25, 0.3) is 0 Å². The maximum Gasteiger partial charge on any atom is 0.323 e. The summed E-state index contributed by atoms with van der Waals surface area (Å²) in [6.07, 6.45) is 21.8. The first-order chi connectivity index (χ1) is 18.1. The largest absolute Gasteiger partial charge is 0.400 e. The van der Waals surface area contributed by atoms with E-state index in [1.54, 1.807) is 28.4 Å². The quantitative estimate of drug-likeness (QED) is 0.0429. The zero-order valence-electron chi connectivity index (χ0n) is 24.7. The average Bonchev–Trinajstić information content (AvgIpc) is 2.90. The molecule has 2 unspecified atom stereocenters. The highest BCUT2D eigenvalue weighted by atomic mass is 33.8. The molecule has 4 nitrogen and oxygen atoms in total. The van der Waals surface area contributed by atoms with Crippen LogP contribution in [0.1, 0.15) is 117 Å². The molecule has 0 aromatic carbocycles. The summed E-state index contributed by atoms with van der Waals surface area (Å²) in [5.41, 5.74) is 1.24. The molecule has 0 radical (unpaired) electrons. The van der Waals surface area contributed by atoms with Crippen molar-refractivity contribution in [2.45, 2.75) is 128 Å². The van der Waals surface area contributed by atoms with Gasteiger partial charge in [-0.3, -0.25) is 0 Å². The number of hydrogen-bond donors (Lipinski definition) is 0. The first kappa shape index (κ1) is 39.0. The van der Waals surface area contributed by atoms with Crippen LogP contribution in [-0.2, 0) is 17.7 Å². The zero-order chi connectivity index (χ0) is 27.4. The Morgan fingerprint density at radius 1 is 0.432 bits per heavy atom. The lowest BCUT2D eigenvalue weighted by molar-refractivity contribution is 0.264. The van der Waals surface area contributed by atoms with Crippen LogP contribution in [0.5, 0.6) is 0 Å². The minimum Gasteiger partial charge on any atom is -0.400 e. The van der Waals surface area contributed by atoms with Crippen LogP contribution in [0.15, 0.2) is 0 Å². The Bertz CT molecular complexity index is 415. The predicted molar refractivity (Wildman–Crippen MR) is 183 cm³/mol. The van der Waals surface area contributed by atoms with Gasteiger partial charge in [-0.1, -0.05) is 112 Å². The molecule has 0 amide bonds. The van der Waals surface area contributed by atoms with Crippen molar-refractivity contribution >= 4 is 69.6 Å². The van der Waals surface area contributed by atoms with Crippen LogP contribution in [-0.4, -0.2) is 58.5 Å². The topological polar surface area (TPSA) is 36.9 Å². The van der Waals surface area contributed by atoms with Gasteiger partial charge in [0.25, 0.3) is 0 Å². The molecule has 0 heterocycles. The van der Waals surface area contributed by atoms with Crippen LogP contribution < -0.4 is 0 Å². The molecule has 0 N–H and O–H groups in total. The Morgan fingerprint density at radius 3 is 1.05 bits per heavy atom. The van der Waals surface area contributed by atoms with Crippen molar-refractivity contribution < 1.29 is 17.7 Å². The highest BCUT2D eigenvalue weighted by Crippen LogP contribution is 2.48. The lowest BCUT2D eigenvalue weighted by Gasteiger charge is -2.18. The molecule has 0 aromatic rings. The highest BCUT2D eigenvalue weighted by molar-refractivity contribution is 9.35. The number of unbranched alkanes of at least 4 members (excludes halogenated alkanes) is 12. The van der Waals surface area contributed by atoms with Gasteiger partial charge in [0.2, 0.25) is 0 Å². The molecule has 2 atom stereocenters. The molecule has 0 aliphatic carbocycles. The second kappa shape index (κ2) is 31.0. The van der Waals surface area contributed by atoms with Gasteiger partial charge < -0.3 is 17.7 Å². The van der Waals surface area contributed by atoms with Gasteiger partial charge in [-0.15, -0.1) is 0 Å². The van der Waals surface area contributed by atoms with Gasteiger partial charge in [0, 0.05) is 39.9 Å². The molecule has 0 spiro atoms. The zero-order valence-corrected chi connectivity index (χ0v) is 31.1. The van der Waals surface area contributed by atoms with E-state index < -0.39 is 18.6 Å². The molecular formula is C26H58O4S5Si2. The van der Waals surface area contributed by atoms with E-state index in [9.17, 15) is 0 Å². The van der Waals surface area contributed by atoms with E-state index in [4.69, 9.17) is 17.7 Å². The molecule has 11 heteroatoms. The summed E-state index contributed by atoms with van der Waals surface area (Å²) in [5, 5.41) is 0. The maximum atomic E-state index is 5.48. The monoisotopic (exact) mass is 650 g/mol. The van der Waals surface area contributed by atoms with Crippen LogP contribution in [0.4, 0.5) is 0 Å². The van der Waals surface area contributed by atoms with Crippen molar-refractivity contribution in [3.05, 3.63) is 0 Å². The van der Waals surface area contributed by atoms with Gasteiger partial charge in [0.15, 0.2) is 0 Å². The number of rotatable bonds is 30. The predicted octanol–water partition coefficient (Wildman–Crippen LogP) is 10.4. The maximum absolute atomic E-state index is 5.48. The first-order valence-corrected chi connectivity index (χ1v) is 24.2. The van der Waals surface area contributed by atoms with Crippen LogP contribution >= 0.6 is 51.1 Å². The molecule has 0 aliphatic rings. The highest BCUT2D eigenvalue weighted by Gasteiger charge is 2.19. The fraction of sp³-hybridized carbons (Fsp3) is 1.00. The lowest BCUT2D eigenvalue weighted by atomic mass is 10.1. The smallest absolute Gasteiger partial charge is 0.323 e. The number of hydrogen-bond acceptors (Lipinski definition) is 9. The van der Waals surface area contributed by atoms with E-state index >= 15 is 0 Å². The Hall–Kier alpha value is 2.02. The molecule has 0 fully saturated rings. The molecular weight excluding hydrogens is 593 g/mol. The average molecular weight is 651 g/mol. The van der Waals surface area contributed by atoms with E-state index in [0.717, 1.165) is 0 Å². The van der Waals surface area contributed by atoms with Crippen molar-refractivity contribution in [3.8, 4) is 0 Å². The standard InChI is InChI=1S/C26H58O4S5Si2/c1-25(36(27-3)28-4)21-17-13-9-7-11-15-19-23-31-33-35-34-32-24-20-16-12-8-10-14-18-22-26(2)37(29-5)30-6/h25-26,36-37H,7-24H2,1-6H3. The van der Waals surface area contributed by atoms with E-state index in [1.807, 2.05) is 51.1 Å². The molecule has 0 aromatic heterocycles. The summed E-state index contributed by atoms with van der Waals surface area (Å²) in [4.78, 5) is 0. The van der Waals surface area contributed by atoms with E-state index in [0.29, 0.717) is 11.1 Å². The van der Waals surface area contributed by atoms with Gasteiger partial charge in [0.1, 0.15) is 0 Å². The third-order valence-corrected chi connectivity index (χ3v) is 20.0. The van der Waals surface area contributed by atoms with E-state index in [2.05, 4.69) is 13.8 Å². The third kappa shape index (κ3) is 25.5. The van der Waals surface area contributed by atoms with Crippen molar-refractivity contribution in [1.29, 1.82) is 0 Å². The van der Waals surface area contributed by atoms with Gasteiger partial charge >= 0.3 is 18.6 Å². The third-order valence-electron chi connectivity index (χ3n) is 6.78. The van der Waals surface area contributed by atoms with Crippen LogP contribution in [0, 0.1) is 0 Å². The van der Waals surface area contributed by atoms with E-state index in [1.165, 1.54) is 114 Å². The molecule has 0 saturated heterocycles. The lowest BCUT2D eigenvalue weighted by Crippen LogP contribution is -2.24. The molecule has 224 valence electrons. The van der Waals surface area contributed by atoms with Crippen molar-refractivity contribution in [2.24, 2.45) is 0 Å². The van der Waals surface area contributed by atoms with Crippen molar-refractivity contribution in [1.82, 2.24) is 0 Å². The van der Waals surface area contributed by atoms with Gasteiger partial charge in [-0.25, -0.2) is 0 Å². The summed E-state index contributed by atoms with van der Waals surface area (Å²) in [7, 11) is 14.3. The van der Waals surface area contributed by atoms with Gasteiger partial charge in [0.05, 0.1) is 0 Å². The summed E-state index contributed by atoms with van der Waals surface area (Å²) in [5.74, 6) is 2.58. The SMILES string of the molecule is CO[SiH](OC)C(C)CCCCCCCCCSSSSSCCCCCCCCCC(C)[SiH](OC)OC. The molecule has 0 bridgehead atoms. The summed E-state index contributed by atoms with van der Waals surface area (Å²) < 4.78 is 21.9. The second-order valence-electron chi connectivity index (χ2n) is 10.0. The van der Waals surface area contributed by atoms with E-state index in [-0.39, 0.29) is 0 Å².